The van der Waals surface area contributed by atoms with Gasteiger partial charge in [-0.1, -0.05) is 23.4 Å². The summed E-state index contributed by atoms with van der Waals surface area (Å²) in [4.78, 5) is 4.48. The Labute approximate surface area is 132 Å². The lowest BCUT2D eigenvalue weighted by atomic mass is 10.2. The molecule has 2 aromatic heterocycles. The van der Waals surface area contributed by atoms with Crippen LogP contribution in [0.3, 0.4) is 0 Å². The maximum atomic E-state index is 6.03. The summed E-state index contributed by atoms with van der Waals surface area (Å²) in [7, 11) is 1.93. The molecule has 3 rings (SSSR count). The molecule has 0 amide bonds. The van der Waals surface area contributed by atoms with E-state index in [-0.39, 0.29) is 0 Å². The second kappa shape index (κ2) is 6.12. The average molecular weight is 322 g/mol. The van der Waals surface area contributed by atoms with E-state index < -0.39 is 0 Å². The van der Waals surface area contributed by atoms with E-state index in [1.807, 2.05) is 37.0 Å². The van der Waals surface area contributed by atoms with Gasteiger partial charge in [0.25, 0.3) is 5.22 Å². The number of oxazole rings is 1. The third-order valence-electron chi connectivity index (χ3n) is 3.21. The molecule has 0 N–H and O–H groups in total. The predicted molar refractivity (Wildman–Crippen MR) is 86.0 cm³/mol. The van der Waals surface area contributed by atoms with Crippen LogP contribution in [0.1, 0.15) is 17.5 Å². The third kappa shape index (κ3) is 3.41. The summed E-state index contributed by atoms with van der Waals surface area (Å²) in [6.07, 6.45) is 6.05. The minimum atomic E-state index is 0.696. The first-order valence-corrected chi connectivity index (χ1v) is 8.15. The van der Waals surface area contributed by atoms with Gasteiger partial charge < -0.3 is 4.42 Å². The summed E-state index contributed by atoms with van der Waals surface area (Å²) in [6, 6.07) is 3.74. The number of aryl methyl sites for hydroxylation is 3. The molecule has 21 heavy (non-hydrogen) atoms. The smallest absolute Gasteiger partial charge is 0.256 e. The Morgan fingerprint density at radius 1 is 1.38 bits per heavy atom. The van der Waals surface area contributed by atoms with Crippen LogP contribution in [0.2, 0.25) is 5.02 Å². The standard InChI is InChI=1S/C15H16ClN3OS/c1-10-6-12(16)7-13-14(10)20-15(18-13)21-5-3-4-11-8-17-19(2)9-11/h6-9H,3-5H2,1-2H3. The van der Waals surface area contributed by atoms with Gasteiger partial charge in [-0.2, -0.15) is 5.10 Å². The summed E-state index contributed by atoms with van der Waals surface area (Å²) < 4.78 is 7.62. The molecular weight excluding hydrogens is 306 g/mol. The fraction of sp³-hybridized carbons (Fsp3) is 0.333. The maximum Gasteiger partial charge on any atom is 0.256 e. The molecule has 0 atom stereocenters. The molecule has 0 radical (unpaired) electrons. The minimum Gasteiger partial charge on any atom is -0.431 e. The van der Waals surface area contributed by atoms with Crippen LogP contribution in [-0.4, -0.2) is 20.5 Å². The molecule has 1 aromatic carbocycles. The lowest BCUT2D eigenvalue weighted by Crippen LogP contribution is -1.87. The average Bonchev–Trinajstić information content (AvgIpc) is 3.01. The molecule has 0 aliphatic heterocycles. The van der Waals surface area contributed by atoms with Crippen LogP contribution in [0.15, 0.2) is 34.2 Å². The van der Waals surface area contributed by atoms with Gasteiger partial charge in [-0.25, -0.2) is 4.98 Å². The first-order chi connectivity index (χ1) is 10.1. The quantitative estimate of drug-likeness (QED) is 0.520. The van der Waals surface area contributed by atoms with E-state index >= 15 is 0 Å². The van der Waals surface area contributed by atoms with Crippen molar-refractivity contribution in [2.24, 2.45) is 7.05 Å². The Kier molecular flexibility index (Phi) is 4.22. The summed E-state index contributed by atoms with van der Waals surface area (Å²) in [6.45, 7) is 1.98. The summed E-state index contributed by atoms with van der Waals surface area (Å²) in [5.41, 5.74) is 3.94. The Morgan fingerprint density at radius 3 is 3.00 bits per heavy atom. The first kappa shape index (κ1) is 14.5. The van der Waals surface area contributed by atoms with Crippen LogP contribution in [0, 0.1) is 6.92 Å². The number of benzene rings is 1. The number of fused-ring (bicyclic) bond motifs is 1. The van der Waals surface area contributed by atoms with Crippen molar-refractivity contribution in [3.63, 3.8) is 0 Å². The van der Waals surface area contributed by atoms with Crippen molar-refractivity contribution in [2.45, 2.75) is 25.0 Å². The van der Waals surface area contributed by atoms with Crippen molar-refractivity contribution in [3.8, 4) is 0 Å². The molecule has 2 heterocycles. The highest BCUT2D eigenvalue weighted by molar-refractivity contribution is 7.99. The molecule has 4 nitrogen and oxygen atoms in total. The van der Waals surface area contributed by atoms with Crippen molar-refractivity contribution in [1.82, 2.24) is 14.8 Å². The van der Waals surface area contributed by atoms with Crippen molar-refractivity contribution in [2.75, 3.05) is 5.75 Å². The third-order valence-corrected chi connectivity index (χ3v) is 4.35. The molecule has 0 aliphatic rings. The van der Waals surface area contributed by atoms with E-state index in [1.54, 1.807) is 11.8 Å². The Bertz CT molecular complexity index is 765. The highest BCUT2D eigenvalue weighted by atomic mass is 35.5. The van der Waals surface area contributed by atoms with Gasteiger partial charge in [0.1, 0.15) is 5.52 Å². The molecule has 0 saturated carbocycles. The molecule has 0 bridgehead atoms. The number of aromatic nitrogens is 3. The van der Waals surface area contributed by atoms with E-state index in [1.165, 1.54) is 5.56 Å². The topological polar surface area (TPSA) is 43.9 Å². The van der Waals surface area contributed by atoms with Gasteiger partial charge in [-0.3, -0.25) is 4.68 Å². The second-order valence-electron chi connectivity index (χ2n) is 5.02. The molecule has 110 valence electrons. The zero-order chi connectivity index (χ0) is 14.8. The molecule has 0 unspecified atom stereocenters. The Morgan fingerprint density at radius 2 is 2.24 bits per heavy atom. The van der Waals surface area contributed by atoms with Crippen LogP contribution in [0.5, 0.6) is 0 Å². The largest absolute Gasteiger partial charge is 0.431 e. The number of hydrogen-bond acceptors (Lipinski definition) is 4. The van der Waals surface area contributed by atoms with Gasteiger partial charge in [-0.15, -0.1) is 0 Å². The normalized spacial score (nSPS) is 11.4. The molecule has 0 spiro atoms. The van der Waals surface area contributed by atoms with Crippen molar-refractivity contribution < 1.29 is 4.42 Å². The summed E-state index contributed by atoms with van der Waals surface area (Å²) in [5, 5.41) is 5.57. The number of rotatable bonds is 5. The number of nitrogens with zero attached hydrogens (tertiary/aromatic N) is 3. The molecule has 0 saturated heterocycles. The Balaban J connectivity index is 1.59. The van der Waals surface area contributed by atoms with Crippen LogP contribution >= 0.6 is 23.4 Å². The van der Waals surface area contributed by atoms with E-state index in [2.05, 4.69) is 16.3 Å². The highest BCUT2D eigenvalue weighted by Crippen LogP contribution is 2.28. The number of thioether (sulfide) groups is 1. The molecular formula is C15H16ClN3OS. The lowest BCUT2D eigenvalue weighted by Gasteiger charge is -1.96. The Hall–Kier alpha value is -1.46. The van der Waals surface area contributed by atoms with Gasteiger partial charge in [0.2, 0.25) is 0 Å². The van der Waals surface area contributed by atoms with E-state index in [0.29, 0.717) is 10.2 Å². The SMILES string of the molecule is Cc1cc(Cl)cc2nc(SCCCc3cnn(C)c3)oc12. The van der Waals surface area contributed by atoms with E-state index in [0.717, 1.165) is 35.3 Å². The van der Waals surface area contributed by atoms with E-state index in [9.17, 15) is 0 Å². The fourth-order valence-corrected chi connectivity index (χ4v) is 3.27. The zero-order valence-corrected chi connectivity index (χ0v) is 13.5. The van der Waals surface area contributed by atoms with Crippen molar-refractivity contribution >= 4 is 34.5 Å². The number of hydrogen-bond donors (Lipinski definition) is 0. The molecule has 0 fully saturated rings. The highest BCUT2D eigenvalue weighted by Gasteiger charge is 2.09. The molecule has 0 aliphatic carbocycles. The first-order valence-electron chi connectivity index (χ1n) is 6.79. The number of halogens is 1. The summed E-state index contributed by atoms with van der Waals surface area (Å²) >= 11 is 7.67. The van der Waals surface area contributed by atoms with Gasteiger partial charge in [0.05, 0.1) is 6.20 Å². The molecule has 3 aromatic rings. The van der Waals surface area contributed by atoms with Gasteiger partial charge in [0, 0.05) is 24.0 Å². The second-order valence-corrected chi connectivity index (χ2v) is 6.51. The zero-order valence-electron chi connectivity index (χ0n) is 12.0. The van der Waals surface area contributed by atoms with Crippen LogP contribution in [0.25, 0.3) is 11.1 Å². The summed E-state index contributed by atoms with van der Waals surface area (Å²) in [5.74, 6) is 0.967. The van der Waals surface area contributed by atoms with Crippen LogP contribution < -0.4 is 0 Å². The minimum absolute atomic E-state index is 0.696. The maximum absolute atomic E-state index is 6.03. The van der Waals surface area contributed by atoms with Crippen molar-refractivity contribution in [1.29, 1.82) is 0 Å². The van der Waals surface area contributed by atoms with Crippen LogP contribution in [0.4, 0.5) is 0 Å². The van der Waals surface area contributed by atoms with E-state index in [4.69, 9.17) is 16.0 Å². The monoisotopic (exact) mass is 321 g/mol. The van der Waals surface area contributed by atoms with Gasteiger partial charge >= 0.3 is 0 Å². The fourth-order valence-electron chi connectivity index (χ4n) is 2.24. The van der Waals surface area contributed by atoms with Gasteiger partial charge in [0.15, 0.2) is 5.58 Å². The predicted octanol–water partition coefficient (Wildman–Crippen LogP) is 4.25. The lowest BCUT2D eigenvalue weighted by molar-refractivity contribution is 0.488. The molecule has 6 heteroatoms. The van der Waals surface area contributed by atoms with Crippen molar-refractivity contribution in [3.05, 3.63) is 40.7 Å². The van der Waals surface area contributed by atoms with Gasteiger partial charge in [-0.05, 0) is 43.0 Å². The van der Waals surface area contributed by atoms with Crippen LogP contribution in [-0.2, 0) is 13.5 Å².